The van der Waals surface area contributed by atoms with Gasteiger partial charge >= 0.3 is 0 Å². The van der Waals surface area contributed by atoms with Gasteiger partial charge in [0.25, 0.3) is 0 Å². The average Bonchev–Trinajstić information content (AvgIpc) is 2.38. The van der Waals surface area contributed by atoms with Crippen molar-refractivity contribution in [2.45, 2.75) is 64.8 Å². The van der Waals surface area contributed by atoms with Gasteiger partial charge in [-0.3, -0.25) is 4.79 Å². The van der Waals surface area contributed by atoms with Gasteiger partial charge in [-0.2, -0.15) is 0 Å². The van der Waals surface area contributed by atoms with Crippen LogP contribution in [0.2, 0.25) is 0 Å². The quantitative estimate of drug-likeness (QED) is 0.761. The second-order valence-electron chi connectivity index (χ2n) is 6.17. The molecule has 0 heterocycles. The van der Waals surface area contributed by atoms with E-state index in [1.165, 1.54) is 32.1 Å². The number of hydrogen-bond acceptors (Lipinski definition) is 1. The van der Waals surface area contributed by atoms with Crippen molar-refractivity contribution in [1.82, 2.24) is 5.32 Å². The third kappa shape index (κ3) is 2.96. The van der Waals surface area contributed by atoms with E-state index in [0.29, 0.717) is 23.3 Å². The Morgan fingerprint density at radius 3 is 2.53 bits per heavy atom. The molecule has 0 spiro atoms. The Balaban J connectivity index is 1.70. The highest BCUT2D eigenvalue weighted by Crippen LogP contribution is 2.37. The van der Waals surface area contributed by atoms with E-state index in [-0.39, 0.29) is 0 Å². The van der Waals surface area contributed by atoms with Gasteiger partial charge in [0, 0.05) is 12.5 Å². The molecule has 0 aromatic heterocycles. The van der Waals surface area contributed by atoms with Crippen LogP contribution < -0.4 is 5.32 Å². The Morgan fingerprint density at radius 1 is 1.33 bits per heavy atom. The van der Waals surface area contributed by atoms with Crippen LogP contribution >= 0.6 is 0 Å². The molecule has 2 aliphatic carbocycles. The molecule has 15 heavy (non-hydrogen) atoms. The van der Waals surface area contributed by atoms with E-state index in [1.54, 1.807) is 0 Å². The SMILES string of the molecule is CC1(C)CCC(NC(=O)CC2CCC2)C1. The highest BCUT2D eigenvalue weighted by Gasteiger charge is 2.32. The molecule has 2 aliphatic rings. The third-order valence-corrected chi connectivity index (χ3v) is 4.03. The fraction of sp³-hybridized carbons (Fsp3) is 0.923. The zero-order chi connectivity index (χ0) is 10.9. The van der Waals surface area contributed by atoms with Gasteiger partial charge in [-0.05, 0) is 43.4 Å². The molecule has 1 N–H and O–H groups in total. The van der Waals surface area contributed by atoms with Crippen molar-refractivity contribution in [2.75, 3.05) is 0 Å². The van der Waals surface area contributed by atoms with Crippen molar-refractivity contribution in [1.29, 1.82) is 0 Å². The second kappa shape index (κ2) is 4.15. The van der Waals surface area contributed by atoms with Crippen LogP contribution in [0.4, 0.5) is 0 Å². The molecule has 0 aromatic rings. The number of carbonyl (C=O) groups is 1. The largest absolute Gasteiger partial charge is 0.353 e. The molecule has 0 aliphatic heterocycles. The first-order valence-electron chi connectivity index (χ1n) is 6.34. The van der Waals surface area contributed by atoms with Crippen LogP contribution in [0, 0.1) is 11.3 Å². The summed E-state index contributed by atoms with van der Waals surface area (Å²) in [5.41, 5.74) is 0.439. The summed E-state index contributed by atoms with van der Waals surface area (Å²) in [5, 5.41) is 3.19. The summed E-state index contributed by atoms with van der Waals surface area (Å²) < 4.78 is 0. The molecule has 0 bridgehead atoms. The predicted molar refractivity (Wildman–Crippen MR) is 61.5 cm³/mol. The maximum Gasteiger partial charge on any atom is 0.220 e. The van der Waals surface area contributed by atoms with Crippen molar-refractivity contribution in [3.8, 4) is 0 Å². The van der Waals surface area contributed by atoms with Crippen molar-refractivity contribution >= 4 is 5.91 Å². The summed E-state index contributed by atoms with van der Waals surface area (Å²) in [5.74, 6) is 0.988. The summed E-state index contributed by atoms with van der Waals surface area (Å²) in [6.07, 6.45) is 8.21. The van der Waals surface area contributed by atoms with E-state index in [0.717, 1.165) is 12.8 Å². The number of carbonyl (C=O) groups excluding carboxylic acids is 1. The van der Waals surface area contributed by atoms with E-state index in [4.69, 9.17) is 0 Å². The first-order chi connectivity index (χ1) is 7.05. The summed E-state index contributed by atoms with van der Waals surface area (Å²) in [7, 11) is 0. The Kier molecular flexibility index (Phi) is 3.03. The minimum absolute atomic E-state index is 0.294. The van der Waals surface area contributed by atoms with Gasteiger partial charge in [0.05, 0.1) is 0 Å². The van der Waals surface area contributed by atoms with E-state index in [9.17, 15) is 4.79 Å². The first-order valence-corrected chi connectivity index (χ1v) is 6.34. The number of hydrogen-bond donors (Lipinski definition) is 1. The summed E-state index contributed by atoms with van der Waals surface area (Å²) >= 11 is 0. The average molecular weight is 209 g/mol. The topological polar surface area (TPSA) is 29.1 Å². The molecule has 2 heteroatoms. The van der Waals surface area contributed by atoms with Crippen LogP contribution in [0.5, 0.6) is 0 Å². The van der Waals surface area contributed by atoms with E-state index < -0.39 is 0 Å². The molecular weight excluding hydrogens is 186 g/mol. The smallest absolute Gasteiger partial charge is 0.220 e. The Labute approximate surface area is 92.8 Å². The van der Waals surface area contributed by atoms with Crippen molar-refractivity contribution in [2.24, 2.45) is 11.3 Å². The van der Waals surface area contributed by atoms with E-state index in [1.807, 2.05) is 0 Å². The van der Waals surface area contributed by atoms with Crippen molar-refractivity contribution in [3.63, 3.8) is 0 Å². The van der Waals surface area contributed by atoms with Gasteiger partial charge in [0.1, 0.15) is 0 Å². The molecule has 1 unspecified atom stereocenters. The van der Waals surface area contributed by atoms with Gasteiger partial charge in [-0.25, -0.2) is 0 Å². The molecule has 2 saturated carbocycles. The van der Waals surface area contributed by atoms with Crippen LogP contribution in [-0.2, 0) is 4.79 Å². The predicted octanol–water partition coefficient (Wildman–Crippen LogP) is 2.87. The van der Waals surface area contributed by atoms with Gasteiger partial charge in [0.15, 0.2) is 0 Å². The third-order valence-electron chi connectivity index (χ3n) is 4.03. The zero-order valence-corrected chi connectivity index (χ0v) is 10.0. The standard InChI is InChI=1S/C13H23NO/c1-13(2)7-6-11(9-13)14-12(15)8-10-4-3-5-10/h10-11H,3-9H2,1-2H3,(H,14,15). The molecule has 1 atom stereocenters. The molecule has 2 rings (SSSR count). The van der Waals surface area contributed by atoms with Gasteiger partial charge < -0.3 is 5.32 Å². The molecule has 0 saturated heterocycles. The highest BCUT2D eigenvalue weighted by molar-refractivity contribution is 5.76. The zero-order valence-electron chi connectivity index (χ0n) is 10.0. The fourth-order valence-electron chi connectivity index (χ4n) is 2.81. The summed E-state index contributed by atoms with van der Waals surface area (Å²) in [6.45, 7) is 4.59. The van der Waals surface area contributed by atoms with Crippen molar-refractivity contribution < 1.29 is 4.79 Å². The van der Waals surface area contributed by atoms with E-state index in [2.05, 4.69) is 19.2 Å². The number of rotatable bonds is 3. The molecule has 0 radical (unpaired) electrons. The van der Waals surface area contributed by atoms with Crippen molar-refractivity contribution in [3.05, 3.63) is 0 Å². The Morgan fingerprint density at radius 2 is 2.07 bits per heavy atom. The summed E-state index contributed by atoms with van der Waals surface area (Å²) in [6, 6.07) is 0.451. The number of amides is 1. The lowest BCUT2D eigenvalue weighted by Crippen LogP contribution is -2.35. The molecular formula is C13H23NO. The van der Waals surface area contributed by atoms with Gasteiger partial charge in [0.2, 0.25) is 5.91 Å². The molecule has 0 aromatic carbocycles. The Bertz CT molecular complexity index is 243. The first kappa shape index (κ1) is 11.0. The highest BCUT2D eigenvalue weighted by atomic mass is 16.1. The van der Waals surface area contributed by atoms with Gasteiger partial charge in [-0.1, -0.05) is 20.3 Å². The number of nitrogens with one attached hydrogen (secondary N) is 1. The van der Waals surface area contributed by atoms with Crippen LogP contribution in [0.1, 0.15) is 58.8 Å². The lowest BCUT2D eigenvalue weighted by atomic mass is 9.83. The molecule has 2 nitrogen and oxygen atoms in total. The lowest BCUT2D eigenvalue weighted by molar-refractivity contribution is -0.123. The normalized spacial score (nSPS) is 29.9. The minimum atomic E-state index is 0.294. The molecule has 86 valence electrons. The molecule has 1 amide bonds. The maximum atomic E-state index is 11.7. The van der Waals surface area contributed by atoms with E-state index >= 15 is 0 Å². The van der Waals surface area contributed by atoms with Crippen LogP contribution in [0.25, 0.3) is 0 Å². The minimum Gasteiger partial charge on any atom is -0.353 e. The second-order valence-corrected chi connectivity index (χ2v) is 6.17. The monoisotopic (exact) mass is 209 g/mol. The lowest BCUT2D eigenvalue weighted by Gasteiger charge is -2.25. The maximum absolute atomic E-state index is 11.7. The Hall–Kier alpha value is -0.530. The van der Waals surface area contributed by atoms with Crippen LogP contribution in [0.3, 0.4) is 0 Å². The fourth-order valence-corrected chi connectivity index (χ4v) is 2.81. The van der Waals surface area contributed by atoms with Crippen LogP contribution in [0.15, 0.2) is 0 Å². The van der Waals surface area contributed by atoms with Gasteiger partial charge in [-0.15, -0.1) is 0 Å². The van der Waals surface area contributed by atoms with Crippen LogP contribution in [-0.4, -0.2) is 11.9 Å². The summed E-state index contributed by atoms with van der Waals surface area (Å²) in [4.78, 5) is 11.7. The molecule has 2 fully saturated rings.